The third kappa shape index (κ3) is 3.22. The van der Waals surface area contributed by atoms with E-state index in [0.717, 1.165) is 0 Å². The van der Waals surface area contributed by atoms with Crippen LogP contribution in [-0.4, -0.2) is 29.3 Å². The molecule has 0 unspecified atom stereocenters. The molecule has 22 heavy (non-hydrogen) atoms. The van der Waals surface area contributed by atoms with E-state index >= 15 is 0 Å². The minimum absolute atomic E-state index is 0.00970. The summed E-state index contributed by atoms with van der Waals surface area (Å²) in [5.74, 6) is -0.650. The summed E-state index contributed by atoms with van der Waals surface area (Å²) < 4.78 is 32.8. The second-order valence-electron chi connectivity index (χ2n) is 4.30. The van der Waals surface area contributed by atoms with Gasteiger partial charge in [-0.05, 0) is 24.3 Å². The Hall–Kier alpha value is -2.90. The zero-order valence-corrected chi connectivity index (χ0v) is 11.3. The molecule has 3 rings (SSSR count). The average molecular weight is 306 g/mol. The van der Waals surface area contributed by atoms with Gasteiger partial charge in [0.2, 0.25) is 11.6 Å². The van der Waals surface area contributed by atoms with Crippen molar-refractivity contribution in [3.63, 3.8) is 0 Å². The molecule has 0 bridgehead atoms. The minimum Gasteiger partial charge on any atom is -0.493 e. The van der Waals surface area contributed by atoms with Crippen LogP contribution in [0.3, 0.4) is 0 Å². The molecule has 0 N–H and O–H groups in total. The predicted octanol–water partition coefficient (Wildman–Crippen LogP) is 1.81. The Morgan fingerprint density at radius 1 is 1.27 bits per heavy atom. The van der Waals surface area contributed by atoms with Crippen LogP contribution >= 0.6 is 0 Å². The lowest BCUT2D eigenvalue weighted by molar-refractivity contribution is -0.146. The van der Waals surface area contributed by atoms with E-state index in [4.69, 9.17) is 18.7 Å². The van der Waals surface area contributed by atoms with Crippen LogP contribution in [0, 0.1) is 5.82 Å². The third-order valence-electron chi connectivity index (χ3n) is 2.75. The highest BCUT2D eigenvalue weighted by Gasteiger charge is 2.18. The number of hydrogen-bond donors (Lipinski definition) is 0. The van der Waals surface area contributed by atoms with E-state index < -0.39 is 5.97 Å². The maximum Gasteiger partial charge on any atom is 0.377 e. The molecule has 0 spiro atoms. The van der Waals surface area contributed by atoms with Crippen molar-refractivity contribution in [2.45, 2.75) is 6.61 Å². The summed E-state index contributed by atoms with van der Waals surface area (Å²) in [6.07, 6.45) is 1.20. The maximum atomic E-state index is 12.8. The molecule has 8 heteroatoms. The monoisotopic (exact) mass is 306 g/mol. The van der Waals surface area contributed by atoms with Gasteiger partial charge in [0.1, 0.15) is 25.3 Å². The molecule has 0 amide bonds. The molecule has 1 aliphatic rings. The topological polar surface area (TPSA) is 83.7 Å². The summed E-state index contributed by atoms with van der Waals surface area (Å²) in [4.78, 5) is 15.7. The lowest BCUT2D eigenvalue weighted by Gasteiger charge is -2.13. The molecule has 0 radical (unpaired) electrons. The summed E-state index contributed by atoms with van der Waals surface area (Å²) in [6.45, 7) is 0.478. The highest BCUT2D eigenvalue weighted by atomic mass is 19.1. The zero-order valence-electron chi connectivity index (χ0n) is 11.3. The molecule has 0 atom stereocenters. The Morgan fingerprint density at radius 3 is 2.82 bits per heavy atom. The number of rotatable bonds is 4. The zero-order chi connectivity index (χ0) is 15.4. The van der Waals surface area contributed by atoms with Crippen molar-refractivity contribution in [3.8, 4) is 11.4 Å². The fraction of sp³-hybridized carbons (Fsp3) is 0.214. The molecule has 0 aliphatic carbocycles. The highest BCUT2D eigenvalue weighted by Crippen LogP contribution is 2.16. The second kappa shape index (κ2) is 6.25. The Morgan fingerprint density at radius 2 is 2.09 bits per heavy atom. The minimum atomic E-state index is -0.679. The number of halogens is 1. The van der Waals surface area contributed by atoms with Crippen LogP contribution in [0.5, 0.6) is 0 Å². The lowest BCUT2D eigenvalue weighted by atomic mass is 10.2. The number of benzene rings is 1. The number of ether oxygens (including phenoxy) is 3. The first-order chi connectivity index (χ1) is 10.7. The maximum absolute atomic E-state index is 12.8. The Labute approximate surface area is 124 Å². The van der Waals surface area contributed by atoms with Gasteiger partial charge in [-0.25, -0.2) is 9.18 Å². The van der Waals surface area contributed by atoms with E-state index in [9.17, 15) is 9.18 Å². The predicted molar refractivity (Wildman–Crippen MR) is 69.5 cm³/mol. The highest BCUT2D eigenvalue weighted by molar-refractivity contribution is 5.85. The van der Waals surface area contributed by atoms with Crippen LogP contribution in [-0.2, 0) is 25.6 Å². The van der Waals surface area contributed by atoms with Gasteiger partial charge in [-0.1, -0.05) is 5.16 Å². The van der Waals surface area contributed by atoms with Crippen molar-refractivity contribution in [1.29, 1.82) is 0 Å². The fourth-order valence-electron chi connectivity index (χ4n) is 1.70. The van der Waals surface area contributed by atoms with Crippen molar-refractivity contribution in [2.24, 2.45) is 0 Å². The van der Waals surface area contributed by atoms with Gasteiger partial charge >= 0.3 is 5.97 Å². The Bertz CT molecular complexity index is 696. The van der Waals surface area contributed by atoms with Gasteiger partial charge in [0.15, 0.2) is 6.61 Å². The molecule has 114 valence electrons. The number of carbonyl (C=O) groups is 1. The molecule has 1 aromatic carbocycles. The molecule has 1 aliphatic heterocycles. The molecule has 7 nitrogen and oxygen atoms in total. The quantitative estimate of drug-likeness (QED) is 0.796. The molecule has 0 saturated heterocycles. The molecule has 2 aromatic rings. The SMILES string of the molecule is O=C(OCc1nc(-c2ccc(F)cc2)no1)C1=COCCO1. The first-order valence-corrected chi connectivity index (χ1v) is 6.42. The molecular weight excluding hydrogens is 295 g/mol. The van der Waals surface area contributed by atoms with Crippen LogP contribution in [0.15, 0.2) is 40.8 Å². The van der Waals surface area contributed by atoms with Crippen molar-refractivity contribution in [3.05, 3.63) is 48.0 Å². The average Bonchev–Trinajstić information content (AvgIpc) is 3.03. The molecule has 1 aromatic heterocycles. The smallest absolute Gasteiger partial charge is 0.377 e. The standard InChI is InChI=1S/C14H11FN2O5/c15-10-3-1-9(2-4-10)13-16-12(22-17-13)8-21-14(18)11-7-19-5-6-20-11/h1-4,7H,5-6,8H2. The number of esters is 1. The number of carbonyl (C=O) groups excluding carboxylic acids is 1. The number of aromatic nitrogens is 2. The van der Waals surface area contributed by atoms with Crippen LogP contribution < -0.4 is 0 Å². The summed E-state index contributed by atoms with van der Waals surface area (Å²) in [6, 6.07) is 5.62. The van der Waals surface area contributed by atoms with Gasteiger partial charge in [-0.3, -0.25) is 0 Å². The van der Waals surface area contributed by atoms with Gasteiger partial charge in [-0.2, -0.15) is 4.98 Å². The summed E-state index contributed by atoms with van der Waals surface area (Å²) in [7, 11) is 0. The van der Waals surface area contributed by atoms with Gasteiger partial charge in [-0.15, -0.1) is 0 Å². The lowest BCUT2D eigenvalue weighted by Crippen LogP contribution is -2.17. The van der Waals surface area contributed by atoms with Crippen molar-refractivity contribution in [2.75, 3.05) is 13.2 Å². The van der Waals surface area contributed by atoms with Crippen LogP contribution in [0.25, 0.3) is 11.4 Å². The van der Waals surface area contributed by atoms with Crippen LogP contribution in [0.2, 0.25) is 0 Å². The van der Waals surface area contributed by atoms with Crippen LogP contribution in [0.4, 0.5) is 4.39 Å². The van der Waals surface area contributed by atoms with Gasteiger partial charge in [0.05, 0.1) is 0 Å². The molecule has 0 fully saturated rings. The second-order valence-corrected chi connectivity index (χ2v) is 4.30. The third-order valence-corrected chi connectivity index (χ3v) is 2.75. The van der Waals surface area contributed by atoms with E-state index in [1.54, 1.807) is 0 Å². The van der Waals surface area contributed by atoms with E-state index in [0.29, 0.717) is 12.2 Å². The first-order valence-electron chi connectivity index (χ1n) is 6.42. The fourth-order valence-corrected chi connectivity index (χ4v) is 1.70. The summed E-state index contributed by atoms with van der Waals surface area (Å²) in [5, 5.41) is 3.74. The van der Waals surface area contributed by atoms with Crippen LogP contribution in [0.1, 0.15) is 5.89 Å². The van der Waals surface area contributed by atoms with Gasteiger partial charge in [0, 0.05) is 5.56 Å². The largest absolute Gasteiger partial charge is 0.493 e. The normalized spacial score (nSPS) is 13.8. The number of hydrogen-bond acceptors (Lipinski definition) is 7. The number of nitrogens with zero attached hydrogens (tertiary/aromatic N) is 2. The Kier molecular flexibility index (Phi) is 3.99. The van der Waals surface area contributed by atoms with Crippen molar-refractivity contribution in [1.82, 2.24) is 10.1 Å². The van der Waals surface area contributed by atoms with Gasteiger partial charge in [0.25, 0.3) is 5.89 Å². The molecule has 0 saturated carbocycles. The van der Waals surface area contributed by atoms with Crippen molar-refractivity contribution >= 4 is 5.97 Å². The van der Waals surface area contributed by atoms with E-state index in [-0.39, 0.29) is 36.5 Å². The molecule has 2 heterocycles. The molecular formula is C14H11FN2O5. The van der Waals surface area contributed by atoms with E-state index in [2.05, 4.69) is 10.1 Å². The summed E-state index contributed by atoms with van der Waals surface area (Å²) >= 11 is 0. The van der Waals surface area contributed by atoms with Crippen molar-refractivity contribution < 1.29 is 27.9 Å². The van der Waals surface area contributed by atoms with Gasteiger partial charge < -0.3 is 18.7 Å². The first kappa shape index (κ1) is 14.1. The van der Waals surface area contributed by atoms with E-state index in [1.165, 1.54) is 30.5 Å². The Balaban J connectivity index is 1.61. The summed E-state index contributed by atoms with van der Waals surface area (Å²) in [5.41, 5.74) is 0.592. The van der Waals surface area contributed by atoms with E-state index in [1.807, 2.05) is 0 Å².